The van der Waals surface area contributed by atoms with Crippen LogP contribution in [-0.2, 0) is 9.53 Å². The van der Waals surface area contributed by atoms with Crippen LogP contribution in [0.1, 0.15) is 39.5 Å². The summed E-state index contributed by atoms with van der Waals surface area (Å²) in [5, 5.41) is 10.6. The molecule has 2 fully saturated rings. The highest BCUT2D eigenvalue weighted by molar-refractivity contribution is 5.96. The molecule has 2 saturated carbocycles. The maximum atomic E-state index is 11.6. The third-order valence-corrected chi connectivity index (χ3v) is 4.47. The number of Topliss-reactive ketones (excluding diaryl/α,β-unsaturated/α-hetero) is 1. The summed E-state index contributed by atoms with van der Waals surface area (Å²) in [6.45, 7) is 8.30. The molecule has 0 amide bonds. The molecule has 2 aliphatic rings. The highest BCUT2D eigenvalue weighted by atomic mass is 16.6. The van der Waals surface area contributed by atoms with Gasteiger partial charge in [-0.3, -0.25) is 4.79 Å². The summed E-state index contributed by atoms with van der Waals surface area (Å²) >= 11 is 0. The number of hydrogen-bond donors (Lipinski definition) is 1. The molecule has 16 heavy (non-hydrogen) atoms. The van der Waals surface area contributed by atoms with Crippen LogP contribution >= 0.6 is 0 Å². The molecule has 0 bridgehead atoms. The smallest absolute Gasteiger partial charge is 0.171 e. The molecule has 0 radical (unpaired) electrons. The molecule has 3 heteroatoms. The summed E-state index contributed by atoms with van der Waals surface area (Å²) < 4.78 is 5.55. The second-order valence-corrected chi connectivity index (χ2v) is 5.17. The van der Waals surface area contributed by atoms with E-state index < -0.39 is 5.79 Å². The standard InChI is InChI=1S/C13H20O3/c1-4-16-13(15)8-5-10-9(2)11(14)6-7-12(10,13)3/h10,15H,2,4-8H2,1,3H3/t10?,12-,13?/m1/s1. The zero-order valence-electron chi connectivity index (χ0n) is 10.1. The predicted octanol–water partition coefficient (Wildman–Crippen LogP) is 2.05. The summed E-state index contributed by atoms with van der Waals surface area (Å²) in [5.41, 5.74) is 0.345. The van der Waals surface area contributed by atoms with Crippen molar-refractivity contribution < 1.29 is 14.6 Å². The normalized spacial score (nSPS) is 43.6. The van der Waals surface area contributed by atoms with E-state index in [0.717, 1.165) is 6.42 Å². The fourth-order valence-electron chi connectivity index (χ4n) is 3.35. The number of ether oxygens (including phenoxy) is 1. The zero-order chi connectivity index (χ0) is 12.0. The zero-order valence-corrected chi connectivity index (χ0v) is 10.1. The van der Waals surface area contributed by atoms with Crippen LogP contribution in [0.25, 0.3) is 0 Å². The molecule has 0 heterocycles. The first-order valence-corrected chi connectivity index (χ1v) is 6.03. The summed E-state index contributed by atoms with van der Waals surface area (Å²) in [7, 11) is 0. The second-order valence-electron chi connectivity index (χ2n) is 5.17. The van der Waals surface area contributed by atoms with E-state index in [-0.39, 0.29) is 17.1 Å². The molecule has 0 aliphatic heterocycles. The average molecular weight is 224 g/mol. The van der Waals surface area contributed by atoms with Gasteiger partial charge in [0.25, 0.3) is 0 Å². The fraction of sp³-hybridized carbons (Fsp3) is 0.769. The third kappa shape index (κ3) is 1.38. The lowest BCUT2D eigenvalue weighted by Crippen LogP contribution is -2.50. The van der Waals surface area contributed by atoms with E-state index in [0.29, 0.717) is 31.4 Å². The molecule has 0 aromatic rings. The van der Waals surface area contributed by atoms with Crippen molar-refractivity contribution in [2.45, 2.75) is 45.3 Å². The van der Waals surface area contributed by atoms with E-state index in [2.05, 4.69) is 6.58 Å². The van der Waals surface area contributed by atoms with Crippen molar-refractivity contribution in [2.75, 3.05) is 6.61 Å². The van der Waals surface area contributed by atoms with Crippen LogP contribution in [0.3, 0.4) is 0 Å². The summed E-state index contributed by atoms with van der Waals surface area (Å²) in [4.78, 5) is 11.6. The van der Waals surface area contributed by atoms with E-state index in [1.165, 1.54) is 0 Å². The van der Waals surface area contributed by atoms with Crippen molar-refractivity contribution in [1.29, 1.82) is 0 Å². The van der Waals surface area contributed by atoms with Crippen molar-refractivity contribution in [3.8, 4) is 0 Å². The van der Waals surface area contributed by atoms with Gasteiger partial charge >= 0.3 is 0 Å². The predicted molar refractivity (Wildman–Crippen MR) is 60.8 cm³/mol. The lowest BCUT2D eigenvalue weighted by Gasteiger charge is -2.45. The molecular formula is C13H20O3. The Bertz CT molecular complexity index is 336. The van der Waals surface area contributed by atoms with Crippen molar-refractivity contribution in [1.82, 2.24) is 0 Å². The first-order valence-electron chi connectivity index (χ1n) is 6.03. The number of hydrogen-bond acceptors (Lipinski definition) is 3. The van der Waals surface area contributed by atoms with E-state index in [4.69, 9.17) is 4.74 Å². The van der Waals surface area contributed by atoms with E-state index >= 15 is 0 Å². The Morgan fingerprint density at radius 1 is 1.56 bits per heavy atom. The number of allylic oxidation sites excluding steroid dienone is 1. The average Bonchev–Trinajstić information content (AvgIpc) is 2.48. The molecule has 1 N–H and O–H groups in total. The van der Waals surface area contributed by atoms with Crippen molar-refractivity contribution in [3.05, 3.63) is 12.2 Å². The first-order chi connectivity index (χ1) is 7.44. The van der Waals surface area contributed by atoms with Gasteiger partial charge in [0.15, 0.2) is 11.6 Å². The van der Waals surface area contributed by atoms with Gasteiger partial charge in [-0.2, -0.15) is 0 Å². The van der Waals surface area contributed by atoms with Crippen molar-refractivity contribution in [2.24, 2.45) is 11.3 Å². The highest BCUT2D eigenvalue weighted by Gasteiger charge is 2.60. The lowest BCUT2D eigenvalue weighted by molar-refractivity contribution is -0.261. The Morgan fingerprint density at radius 3 is 2.88 bits per heavy atom. The number of carbonyl (C=O) groups is 1. The Labute approximate surface area is 96.5 Å². The van der Waals surface area contributed by atoms with Gasteiger partial charge in [-0.05, 0) is 31.3 Å². The van der Waals surface area contributed by atoms with Crippen LogP contribution in [0.2, 0.25) is 0 Å². The molecular weight excluding hydrogens is 204 g/mol. The summed E-state index contributed by atoms with van der Waals surface area (Å²) in [6, 6.07) is 0. The highest BCUT2D eigenvalue weighted by Crippen LogP contribution is 2.58. The topological polar surface area (TPSA) is 46.5 Å². The number of aliphatic hydroxyl groups is 1. The molecule has 2 aliphatic carbocycles. The Morgan fingerprint density at radius 2 is 2.25 bits per heavy atom. The SMILES string of the molecule is C=C1C(=O)CC[C@]2(C)C1CCC2(O)OCC. The van der Waals surface area contributed by atoms with Crippen LogP contribution in [0.5, 0.6) is 0 Å². The minimum Gasteiger partial charge on any atom is -0.365 e. The van der Waals surface area contributed by atoms with Crippen LogP contribution in [-0.4, -0.2) is 23.3 Å². The number of fused-ring (bicyclic) bond motifs is 1. The first kappa shape index (κ1) is 11.8. The molecule has 0 saturated heterocycles. The quantitative estimate of drug-likeness (QED) is 0.577. The van der Waals surface area contributed by atoms with Gasteiger partial charge in [0.05, 0.1) is 0 Å². The molecule has 0 aromatic heterocycles. The molecule has 0 aromatic carbocycles. The number of rotatable bonds is 2. The molecule has 3 atom stereocenters. The van der Waals surface area contributed by atoms with E-state index in [1.54, 1.807) is 0 Å². The number of carbonyl (C=O) groups excluding carboxylic acids is 1. The summed E-state index contributed by atoms with van der Waals surface area (Å²) in [5.74, 6) is -0.829. The Kier molecular flexibility index (Phi) is 2.71. The molecule has 2 rings (SSSR count). The van der Waals surface area contributed by atoms with Gasteiger partial charge in [-0.1, -0.05) is 13.5 Å². The molecule has 90 valence electrons. The van der Waals surface area contributed by atoms with Crippen LogP contribution in [0.4, 0.5) is 0 Å². The maximum Gasteiger partial charge on any atom is 0.171 e. The fourth-order valence-corrected chi connectivity index (χ4v) is 3.35. The largest absolute Gasteiger partial charge is 0.365 e. The van der Waals surface area contributed by atoms with E-state index in [9.17, 15) is 9.90 Å². The Balaban J connectivity index is 2.32. The monoisotopic (exact) mass is 224 g/mol. The lowest BCUT2D eigenvalue weighted by atomic mass is 9.65. The molecule has 2 unspecified atom stereocenters. The van der Waals surface area contributed by atoms with Crippen LogP contribution in [0, 0.1) is 11.3 Å². The van der Waals surface area contributed by atoms with Crippen LogP contribution < -0.4 is 0 Å². The van der Waals surface area contributed by atoms with Gasteiger partial charge in [0.1, 0.15) is 0 Å². The van der Waals surface area contributed by atoms with Gasteiger partial charge in [-0.15, -0.1) is 0 Å². The second kappa shape index (κ2) is 3.67. The molecule has 0 spiro atoms. The van der Waals surface area contributed by atoms with E-state index in [1.807, 2.05) is 13.8 Å². The van der Waals surface area contributed by atoms with Crippen LogP contribution in [0.15, 0.2) is 12.2 Å². The molecule has 3 nitrogen and oxygen atoms in total. The third-order valence-electron chi connectivity index (χ3n) is 4.47. The minimum atomic E-state index is -1.07. The van der Waals surface area contributed by atoms with Gasteiger partial charge in [0, 0.05) is 24.9 Å². The van der Waals surface area contributed by atoms with Crippen molar-refractivity contribution >= 4 is 5.78 Å². The summed E-state index contributed by atoms with van der Waals surface area (Å²) in [6.07, 6.45) is 2.60. The van der Waals surface area contributed by atoms with Gasteiger partial charge < -0.3 is 9.84 Å². The van der Waals surface area contributed by atoms with Gasteiger partial charge in [0.2, 0.25) is 0 Å². The maximum absolute atomic E-state index is 11.6. The minimum absolute atomic E-state index is 0.0882. The Hall–Kier alpha value is -0.670. The van der Waals surface area contributed by atoms with Crippen molar-refractivity contribution in [3.63, 3.8) is 0 Å². The number of ketones is 1. The van der Waals surface area contributed by atoms with Gasteiger partial charge in [-0.25, -0.2) is 0 Å².